The first-order chi connectivity index (χ1) is 10.1. The van der Waals surface area contributed by atoms with E-state index in [1.165, 1.54) is 37.8 Å². The molecule has 21 heavy (non-hydrogen) atoms. The Morgan fingerprint density at radius 1 is 1.24 bits per heavy atom. The first-order valence-corrected chi connectivity index (χ1v) is 7.90. The second-order valence-electron chi connectivity index (χ2n) is 6.20. The van der Waals surface area contributed by atoms with Crippen LogP contribution < -0.4 is 10.1 Å². The smallest absolute Gasteiger partial charge is 0.123 e. The fourth-order valence-corrected chi connectivity index (χ4v) is 2.77. The summed E-state index contributed by atoms with van der Waals surface area (Å²) in [6.07, 6.45) is 4.68. The minimum atomic E-state index is -0.544. The van der Waals surface area contributed by atoms with Gasteiger partial charge in [-0.3, -0.25) is 0 Å². The van der Waals surface area contributed by atoms with Crippen molar-refractivity contribution in [2.45, 2.75) is 38.7 Å². The van der Waals surface area contributed by atoms with Crippen LogP contribution in [-0.4, -0.2) is 30.9 Å². The number of rotatable bonds is 7. The lowest BCUT2D eigenvalue weighted by Crippen LogP contribution is -2.35. The molecule has 0 saturated heterocycles. The van der Waals surface area contributed by atoms with Crippen LogP contribution in [-0.2, 0) is 0 Å². The van der Waals surface area contributed by atoms with Crippen molar-refractivity contribution in [3.05, 3.63) is 30.1 Å². The standard InChI is InChI=1S/C17H26FNO2/c1-13-2-4-14(5-3-13)10-19-11-16(20)12-21-17-8-6-15(18)7-9-17/h6-9,13-14,16,19-20H,2-5,10-12H2,1H3. The van der Waals surface area contributed by atoms with Crippen molar-refractivity contribution in [3.8, 4) is 5.75 Å². The fraction of sp³-hybridized carbons (Fsp3) is 0.647. The third kappa shape index (κ3) is 6.02. The highest BCUT2D eigenvalue weighted by molar-refractivity contribution is 5.22. The number of aliphatic hydroxyl groups excluding tert-OH is 1. The molecule has 2 N–H and O–H groups in total. The number of hydrogen-bond acceptors (Lipinski definition) is 3. The Morgan fingerprint density at radius 2 is 1.90 bits per heavy atom. The molecule has 0 aromatic heterocycles. The summed E-state index contributed by atoms with van der Waals surface area (Å²) >= 11 is 0. The van der Waals surface area contributed by atoms with Gasteiger partial charge in [0.05, 0.1) is 0 Å². The highest BCUT2D eigenvalue weighted by Crippen LogP contribution is 2.27. The number of aliphatic hydroxyl groups is 1. The molecule has 3 nitrogen and oxygen atoms in total. The summed E-state index contributed by atoms with van der Waals surface area (Å²) < 4.78 is 18.2. The Balaban J connectivity index is 1.57. The lowest BCUT2D eigenvalue weighted by Gasteiger charge is -2.26. The van der Waals surface area contributed by atoms with E-state index < -0.39 is 6.10 Å². The maximum atomic E-state index is 12.7. The van der Waals surface area contributed by atoms with Gasteiger partial charge < -0.3 is 15.2 Å². The van der Waals surface area contributed by atoms with Crippen LogP contribution in [0.25, 0.3) is 0 Å². The van der Waals surface area contributed by atoms with Gasteiger partial charge in [0.25, 0.3) is 0 Å². The molecule has 2 rings (SSSR count). The molecule has 0 bridgehead atoms. The van der Waals surface area contributed by atoms with E-state index in [1.807, 2.05) is 0 Å². The second-order valence-corrected chi connectivity index (χ2v) is 6.20. The van der Waals surface area contributed by atoms with Gasteiger partial charge in [-0.2, -0.15) is 0 Å². The molecule has 4 heteroatoms. The van der Waals surface area contributed by atoms with Crippen LogP contribution in [0.1, 0.15) is 32.6 Å². The zero-order valence-electron chi connectivity index (χ0n) is 12.7. The van der Waals surface area contributed by atoms with Crippen molar-refractivity contribution >= 4 is 0 Å². The lowest BCUT2D eigenvalue weighted by molar-refractivity contribution is 0.104. The molecule has 1 aliphatic rings. The Kier molecular flexibility index (Phi) is 6.46. The molecule has 0 amide bonds. The first-order valence-electron chi connectivity index (χ1n) is 7.90. The van der Waals surface area contributed by atoms with E-state index in [0.717, 1.165) is 18.4 Å². The van der Waals surface area contributed by atoms with Crippen molar-refractivity contribution in [1.29, 1.82) is 0 Å². The van der Waals surface area contributed by atoms with Crippen molar-refractivity contribution < 1.29 is 14.2 Å². The van der Waals surface area contributed by atoms with Gasteiger partial charge in [-0.05, 0) is 55.5 Å². The third-order valence-electron chi connectivity index (χ3n) is 4.20. The largest absolute Gasteiger partial charge is 0.491 e. The summed E-state index contributed by atoms with van der Waals surface area (Å²) in [6.45, 7) is 4.05. The molecule has 1 unspecified atom stereocenters. The number of hydrogen-bond donors (Lipinski definition) is 2. The van der Waals surface area contributed by atoms with Crippen LogP contribution in [0.3, 0.4) is 0 Å². The summed E-state index contributed by atoms with van der Waals surface area (Å²) in [5.74, 6) is 1.91. The van der Waals surface area contributed by atoms with Gasteiger partial charge in [0.2, 0.25) is 0 Å². The molecule has 1 aromatic rings. The number of halogens is 1. The summed E-state index contributed by atoms with van der Waals surface area (Å²) in [5, 5.41) is 13.2. The number of ether oxygens (including phenoxy) is 1. The van der Waals surface area contributed by atoms with Crippen molar-refractivity contribution in [3.63, 3.8) is 0 Å². The van der Waals surface area contributed by atoms with Gasteiger partial charge in [-0.15, -0.1) is 0 Å². The first kappa shape index (κ1) is 16.2. The molecule has 0 aliphatic heterocycles. The molecule has 0 spiro atoms. The monoisotopic (exact) mass is 295 g/mol. The van der Waals surface area contributed by atoms with Crippen LogP contribution in [0.15, 0.2) is 24.3 Å². The second kappa shape index (κ2) is 8.35. The summed E-state index contributed by atoms with van der Waals surface area (Å²) in [4.78, 5) is 0. The maximum absolute atomic E-state index is 12.7. The van der Waals surface area contributed by atoms with Gasteiger partial charge in [-0.1, -0.05) is 19.8 Å². The molecule has 0 radical (unpaired) electrons. The molecule has 118 valence electrons. The molecule has 1 aliphatic carbocycles. The molecule has 0 heterocycles. The predicted octanol–water partition coefficient (Wildman–Crippen LogP) is 2.98. The van der Waals surface area contributed by atoms with E-state index in [9.17, 15) is 9.50 Å². The van der Waals surface area contributed by atoms with E-state index in [4.69, 9.17) is 4.74 Å². The van der Waals surface area contributed by atoms with Crippen LogP contribution >= 0.6 is 0 Å². The van der Waals surface area contributed by atoms with Crippen LogP contribution in [0.5, 0.6) is 5.75 Å². The average molecular weight is 295 g/mol. The summed E-state index contributed by atoms with van der Waals surface area (Å²) in [7, 11) is 0. The minimum absolute atomic E-state index is 0.223. The van der Waals surface area contributed by atoms with Crippen LogP contribution in [0, 0.1) is 17.7 Å². The molecular weight excluding hydrogens is 269 g/mol. The van der Waals surface area contributed by atoms with Gasteiger partial charge in [0, 0.05) is 6.54 Å². The molecule has 1 atom stereocenters. The topological polar surface area (TPSA) is 41.5 Å². The fourth-order valence-electron chi connectivity index (χ4n) is 2.77. The normalized spacial score (nSPS) is 23.8. The van der Waals surface area contributed by atoms with Crippen molar-refractivity contribution in [2.24, 2.45) is 11.8 Å². The van der Waals surface area contributed by atoms with Gasteiger partial charge in [0.1, 0.15) is 24.3 Å². The van der Waals surface area contributed by atoms with E-state index in [-0.39, 0.29) is 12.4 Å². The Hall–Kier alpha value is -1.13. The predicted molar refractivity (Wildman–Crippen MR) is 81.9 cm³/mol. The lowest BCUT2D eigenvalue weighted by atomic mass is 9.83. The number of nitrogens with one attached hydrogen (secondary N) is 1. The summed E-state index contributed by atoms with van der Waals surface area (Å²) in [6, 6.07) is 5.84. The molecule has 1 fully saturated rings. The Morgan fingerprint density at radius 3 is 2.57 bits per heavy atom. The van der Waals surface area contributed by atoms with E-state index in [0.29, 0.717) is 12.3 Å². The van der Waals surface area contributed by atoms with Gasteiger partial charge in [-0.25, -0.2) is 4.39 Å². The average Bonchev–Trinajstić information content (AvgIpc) is 2.49. The third-order valence-corrected chi connectivity index (χ3v) is 4.20. The Labute approximate surface area is 126 Å². The highest BCUT2D eigenvalue weighted by atomic mass is 19.1. The Bertz CT molecular complexity index is 402. The van der Waals surface area contributed by atoms with Crippen molar-refractivity contribution in [2.75, 3.05) is 19.7 Å². The van der Waals surface area contributed by atoms with Crippen LogP contribution in [0.2, 0.25) is 0 Å². The zero-order valence-corrected chi connectivity index (χ0v) is 12.7. The molecule has 1 saturated carbocycles. The minimum Gasteiger partial charge on any atom is -0.491 e. The molecular formula is C17H26FNO2. The maximum Gasteiger partial charge on any atom is 0.123 e. The van der Waals surface area contributed by atoms with E-state index >= 15 is 0 Å². The molecule has 1 aromatic carbocycles. The van der Waals surface area contributed by atoms with Crippen LogP contribution in [0.4, 0.5) is 4.39 Å². The van der Waals surface area contributed by atoms with E-state index in [2.05, 4.69) is 12.2 Å². The quantitative estimate of drug-likeness (QED) is 0.812. The zero-order chi connectivity index (χ0) is 15.1. The van der Waals surface area contributed by atoms with Gasteiger partial charge in [0.15, 0.2) is 0 Å². The van der Waals surface area contributed by atoms with E-state index in [1.54, 1.807) is 12.1 Å². The SMILES string of the molecule is CC1CCC(CNCC(O)COc2ccc(F)cc2)CC1. The highest BCUT2D eigenvalue weighted by Gasteiger charge is 2.18. The number of benzene rings is 1. The summed E-state index contributed by atoms with van der Waals surface area (Å²) in [5.41, 5.74) is 0. The van der Waals surface area contributed by atoms with Gasteiger partial charge >= 0.3 is 0 Å². The van der Waals surface area contributed by atoms with Crippen molar-refractivity contribution in [1.82, 2.24) is 5.32 Å².